The maximum Gasteiger partial charge on any atom is 0.416 e. The van der Waals surface area contributed by atoms with Crippen LogP contribution in [0.3, 0.4) is 0 Å². The Hall–Kier alpha value is -2.40. The number of hydrogen-bond acceptors (Lipinski definition) is 4. The first-order valence-corrected chi connectivity index (χ1v) is 10.0. The van der Waals surface area contributed by atoms with Crippen LogP contribution in [0.4, 0.5) is 13.2 Å². The largest absolute Gasteiger partial charge is 0.416 e. The molecule has 1 amide bonds. The Balaban J connectivity index is 1.94. The van der Waals surface area contributed by atoms with Gasteiger partial charge in [0.15, 0.2) is 0 Å². The maximum absolute atomic E-state index is 13.1. The number of sulfonamides is 1. The van der Waals surface area contributed by atoms with Gasteiger partial charge < -0.3 is 4.90 Å². The van der Waals surface area contributed by atoms with E-state index in [1.54, 1.807) is 7.05 Å². The fourth-order valence-electron chi connectivity index (χ4n) is 3.05. The van der Waals surface area contributed by atoms with E-state index in [0.717, 1.165) is 18.3 Å². The molecule has 7 nitrogen and oxygen atoms in total. The molecule has 2 heterocycles. The van der Waals surface area contributed by atoms with Crippen molar-refractivity contribution in [1.82, 2.24) is 19.4 Å². The lowest BCUT2D eigenvalue weighted by atomic mass is 10.0. The molecular formula is C17H19F3N4O3S. The van der Waals surface area contributed by atoms with Crippen molar-refractivity contribution < 1.29 is 26.4 Å². The third-order valence-corrected chi connectivity index (χ3v) is 5.91. The van der Waals surface area contributed by atoms with Crippen molar-refractivity contribution in [2.45, 2.75) is 30.0 Å². The Morgan fingerprint density at radius 3 is 2.64 bits per heavy atom. The van der Waals surface area contributed by atoms with Crippen LogP contribution in [0, 0.1) is 0 Å². The number of nitrogens with zero attached hydrogens (tertiary/aromatic N) is 3. The van der Waals surface area contributed by atoms with E-state index in [1.165, 1.54) is 27.9 Å². The summed E-state index contributed by atoms with van der Waals surface area (Å²) in [6, 6.07) is 3.41. The molecule has 1 saturated heterocycles. The number of rotatable bonds is 6. The molecule has 0 spiro atoms. The van der Waals surface area contributed by atoms with Crippen molar-refractivity contribution in [3.63, 3.8) is 0 Å². The zero-order valence-electron chi connectivity index (χ0n) is 15.0. The lowest BCUT2D eigenvalue weighted by Crippen LogP contribution is -2.38. The number of halogens is 3. The minimum absolute atomic E-state index is 0.0559. The zero-order chi connectivity index (χ0) is 20.5. The maximum atomic E-state index is 13.1. The molecule has 1 aliphatic heterocycles. The van der Waals surface area contributed by atoms with Crippen molar-refractivity contribution in [1.29, 1.82) is 0 Å². The summed E-state index contributed by atoms with van der Waals surface area (Å²) in [6.45, 7) is 0.378. The molecule has 1 aromatic carbocycles. The van der Waals surface area contributed by atoms with E-state index in [0.29, 0.717) is 19.4 Å². The molecule has 28 heavy (non-hydrogen) atoms. The summed E-state index contributed by atoms with van der Waals surface area (Å²) in [5, 5.41) is 3.81. The lowest BCUT2D eigenvalue weighted by molar-refractivity contribution is -0.137. The molecule has 1 N–H and O–H groups in total. The molecule has 0 aliphatic carbocycles. The summed E-state index contributed by atoms with van der Waals surface area (Å²) < 4.78 is 68.3. The second-order valence-corrected chi connectivity index (χ2v) is 8.30. The van der Waals surface area contributed by atoms with Crippen LogP contribution in [0.25, 0.3) is 0 Å². The summed E-state index contributed by atoms with van der Waals surface area (Å²) in [5.41, 5.74) is -0.759. The van der Waals surface area contributed by atoms with Crippen LogP contribution < -0.4 is 4.72 Å². The number of aryl methyl sites for hydroxylation is 1. The zero-order valence-corrected chi connectivity index (χ0v) is 15.8. The molecule has 1 atom stereocenters. The van der Waals surface area contributed by atoms with E-state index < -0.39 is 27.8 Å². The molecule has 0 radical (unpaired) electrons. The molecule has 1 aliphatic rings. The average Bonchev–Trinajstić information content (AvgIpc) is 3.23. The van der Waals surface area contributed by atoms with Gasteiger partial charge in [-0.1, -0.05) is 12.1 Å². The number of carbonyl (C=O) groups excluding carboxylic acids is 1. The molecule has 3 rings (SSSR count). The fourth-order valence-corrected chi connectivity index (χ4v) is 4.25. The molecule has 11 heteroatoms. The second-order valence-electron chi connectivity index (χ2n) is 6.59. The molecular weight excluding hydrogens is 397 g/mol. The van der Waals surface area contributed by atoms with Gasteiger partial charge in [-0.2, -0.15) is 18.3 Å². The Morgan fingerprint density at radius 2 is 2.07 bits per heavy atom. The normalized spacial score (nSPS) is 16.6. The number of likely N-dealkylation sites (tertiary alicyclic amines) is 1. The monoisotopic (exact) mass is 416 g/mol. The Morgan fingerprint density at radius 1 is 1.32 bits per heavy atom. The highest BCUT2D eigenvalue weighted by atomic mass is 32.2. The van der Waals surface area contributed by atoms with Gasteiger partial charge in [0.25, 0.3) is 0 Å². The van der Waals surface area contributed by atoms with Crippen LogP contribution in [0.5, 0.6) is 0 Å². The summed E-state index contributed by atoms with van der Waals surface area (Å²) in [6.07, 6.45) is -1.17. The number of nitrogens with one attached hydrogen (secondary N) is 1. The summed E-state index contributed by atoms with van der Waals surface area (Å²) in [4.78, 5) is 13.3. The van der Waals surface area contributed by atoms with Crippen molar-refractivity contribution in [2.24, 2.45) is 7.05 Å². The molecule has 1 unspecified atom stereocenters. The summed E-state index contributed by atoms with van der Waals surface area (Å²) in [7, 11) is -2.50. The Kier molecular flexibility index (Phi) is 5.48. The fraction of sp³-hybridized carbons (Fsp3) is 0.412. The number of amides is 1. The van der Waals surface area contributed by atoms with Gasteiger partial charge in [0.2, 0.25) is 15.9 Å². The van der Waals surface area contributed by atoms with Gasteiger partial charge in [-0.25, -0.2) is 13.1 Å². The number of benzene rings is 1. The second kappa shape index (κ2) is 7.55. The number of alkyl halides is 3. The number of aromatic nitrogens is 2. The van der Waals surface area contributed by atoms with E-state index in [9.17, 15) is 26.4 Å². The van der Waals surface area contributed by atoms with E-state index in [-0.39, 0.29) is 22.9 Å². The third-order valence-electron chi connectivity index (χ3n) is 4.48. The van der Waals surface area contributed by atoms with E-state index in [1.807, 2.05) is 0 Å². The number of hydrogen-bond donors (Lipinski definition) is 1. The van der Waals surface area contributed by atoms with Crippen molar-refractivity contribution >= 4 is 15.9 Å². The van der Waals surface area contributed by atoms with Crippen LogP contribution in [0.15, 0.2) is 41.6 Å². The lowest BCUT2D eigenvalue weighted by Gasteiger charge is -2.25. The minimum Gasteiger partial charge on any atom is -0.341 e. The highest BCUT2D eigenvalue weighted by molar-refractivity contribution is 7.89. The van der Waals surface area contributed by atoms with Gasteiger partial charge in [0, 0.05) is 32.8 Å². The van der Waals surface area contributed by atoms with Gasteiger partial charge in [-0.05, 0) is 24.1 Å². The van der Waals surface area contributed by atoms with Gasteiger partial charge in [-0.3, -0.25) is 9.48 Å². The molecule has 0 saturated carbocycles. The van der Waals surface area contributed by atoms with Crippen LogP contribution in [-0.4, -0.2) is 42.1 Å². The first-order chi connectivity index (χ1) is 13.1. The van der Waals surface area contributed by atoms with Gasteiger partial charge in [0.1, 0.15) is 4.90 Å². The predicted octanol–water partition coefficient (Wildman–Crippen LogP) is 2.08. The smallest absolute Gasteiger partial charge is 0.341 e. The standard InChI is InChI=1S/C17H19F3N4O3S/c1-23-10-14(9-21-23)28(26,27)22-15(11-24-7-3-6-16(24)25)12-4-2-5-13(8-12)17(18,19)20/h2,4-5,8-10,15,22H,3,6-7,11H2,1H3. The van der Waals surface area contributed by atoms with Crippen molar-refractivity contribution in [3.05, 3.63) is 47.8 Å². The van der Waals surface area contributed by atoms with Crippen LogP contribution >= 0.6 is 0 Å². The van der Waals surface area contributed by atoms with E-state index in [2.05, 4.69) is 9.82 Å². The van der Waals surface area contributed by atoms with Crippen molar-refractivity contribution in [3.8, 4) is 0 Å². The van der Waals surface area contributed by atoms with Crippen LogP contribution in [0.1, 0.15) is 30.0 Å². The van der Waals surface area contributed by atoms with Crippen molar-refractivity contribution in [2.75, 3.05) is 13.1 Å². The van der Waals surface area contributed by atoms with Gasteiger partial charge in [0.05, 0.1) is 17.8 Å². The van der Waals surface area contributed by atoms with E-state index in [4.69, 9.17) is 0 Å². The predicted molar refractivity (Wildman–Crippen MR) is 93.5 cm³/mol. The van der Waals surface area contributed by atoms with E-state index >= 15 is 0 Å². The molecule has 1 aromatic heterocycles. The highest BCUT2D eigenvalue weighted by Crippen LogP contribution is 2.31. The van der Waals surface area contributed by atoms with Gasteiger partial charge >= 0.3 is 6.18 Å². The number of carbonyl (C=O) groups is 1. The minimum atomic E-state index is -4.56. The topological polar surface area (TPSA) is 84.3 Å². The quantitative estimate of drug-likeness (QED) is 0.782. The first kappa shape index (κ1) is 20.3. The highest BCUT2D eigenvalue weighted by Gasteiger charge is 2.33. The molecule has 0 bridgehead atoms. The summed E-state index contributed by atoms with van der Waals surface area (Å²) >= 11 is 0. The van der Waals surface area contributed by atoms with Crippen LogP contribution in [0.2, 0.25) is 0 Å². The Labute approximate surface area is 160 Å². The molecule has 2 aromatic rings. The molecule has 1 fully saturated rings. The SMILES string of the molecule is Cn1cc(S(=O)(=O)NC(CN2CCCC2=O)c2cccc(C(F)(F)F)c2)cn1. The third kappa shape index (κ3) is 4.53. The van der Waals surface area contributed by atoms with Gasteiger partial charge in [-0.15, -0.1) is 0 Å². The van der Waals surface area contributed by atoms with Crippen LogP contribution in [-0.2, 0) is 28.0 Å². The summed E-state index contributed by atoms with van der Waals surface area (Å²) in [5.74, 6) is -0.155. The Bertz CT molecular complexity index is 972. The molecule has 152 valence electrons. The average molecular weight is 416 g/mol. The first-order valence-electron chi connectivity index (χ1n) is 8.52.